The van der Waals surface area contributed by atoms with E-state index in [1.54, 1.807) is 7.11 Å². The molecule has 0 aromatic carbocycles. The van der Waals surface area contributed by atoms with E-state index in [-0.39, 0.29) is 0 Å². The number of amidine groups is 1. The maximum Gasteiger partial charge on any atom is 0.231 e. The minimum Gasteiger partial charge on any atom is -0.480 e. The fraction of sp³-hybridized carbons (Fsp3) is 0.643. The highest BCUT2D eigenvalue weighted by atomic mass is 35.5. The van der Waals surface area contributed by atoms with Crippen molar-refractivity contribution in [2.24, 2.45) is 16.3 Å². The smallest absolute Gasteiger partial charge is 0.231 e. The van der Waals surface area contributed by atoms with Gasteiger partial charge < -0.3 is 9.64 Å². The molecule has 1 unspecified atom stereocenters. The molecule has 100 valence electrons. The maximum atomic E-state index is 6.42. The van der Waals surface area contributed by atoms with E-state index >= 15 is 0 Å². The Morgan fingerprint density at radius 1 is 1.50 bits per heavy atom. The number of terminal acetylenes is 1. The molecule has 0 aromatic heterocycles. The number of hydrogen-bond acceptors (Lipinski definition) is 2. The Morgan fingerprint density at radius 2 is 2.06 bits per heavy atom. The van der Waals surface area contributed by atoms with Gasteiger partial charge in [-0.25, -0.2) is 0 Å². The van der Waals surface area contributed by atoms with Gasteiger partial charge in [0.25, 0.3) is 0 Å². The van der Waals surface area contributed by atoms with Gasteiger partial charge in [0.15, 0.2) is 0 Å². The van der Waals surface area contributed by atoms with E-state index in [0.717, 1.165) is 18.7 Å². The molecular formula is C14H21ClN2O. The molecule has 1 aliphatic carbocycles. The summed E-state index contributed by atoms with van der Waals surface area (Å²) in [6, 6.07) is 0. The van der Waals surface area contributed by atoms with Crippen LogP contribution >= 0.6 is 11.6 Å². The Hall–Kier alpha value is -1.14. The summed E-state index contributed by atoms with van der Waals surface area (Å²) in [5.74, 6) is 4.48. The van der Waals surface area contributed by atoms with Gasteiger partial charge in [-0.2, -0.15) is 4.99 Å². The number of nitrogens with zero attached hydrogens (tertiary/aromatic N) is 2. The minimum absolute atomic E-state index is 0.412. The van der Waals surface area contributed by atoms with Crippen LogP contribution in [0, 0.1) is 23.7 Å². The van der Waals surface area contributed by atoms with Crippen LogP contribution in [0.4, 0.5) is 0 Å². The van der Waals surface area contributed by atoms with Gasteiger partial charge in [-0.1, -0.05) is 17.5 Å². The Balaban J connectivity index is 3.14. The standard InChI is InChI=1S/C14H21ClN2O/c1-7-14(3,11-8-9-11)12(15)13(18-6)16-10(2)17(4)5/h1,11H,8-9H2,2-6H3/b13-12-,16-10+. The number of methoxy groups -OCH3 is 1. The Labute approximate surface area is 115 Å². The van der Waals surface area contributed by atoms with Crippen molar-refractivity contribution in [1.29, 1.82) is 0 Å². The van der Waals surface area contributed by atoms with Gasteiger partial charge in [-0.3, -0.25) is 0 Å². The van der Waals surface area contributed by atoms with E-state index in [0.29, 0.717) is 16.8 Å². The molecule has 0 N–H and O–H groups in total. The maximum absolute atomic E-state index is 6.42. The van der Waals surface area contributed by atoms with E-state index in [1.165, 1.54) is 0 Å². The third-order valence-corrected chi connectivity index (χ3v) is 4.00. The molecule has 0 aliphatic heterocycles. The van der Waals surface area contributed by atoms with E-state index in [1.807, 2.05) is 32.8 Å². The zero-order chi connectivity index (χ0) is 13.9. The lowest BCUT2D eigenvalue weighted by atomic mass is 9.85. The van der Waals surface area contributed by atoms with Crippen LogP contribution in [-0.2, 0) is 4.74 Å². The first-order chi connectivity index (χ1) is 8.36. The third-order valence-electron chi connectivity index (χ3n) is 3.44. The fourth-order valence-corrected chi connectivity index (χ4v) is 2.00. The Morgan fingerprint density at radius 3 is 2.39 bits per heavy atom. The van der Waals surface area contributed by atoms with Crippen molar-refractivity contribution < 1.29 is 4.74 Å². The first kappa shape index (κ1) is 14.9. The van der Waals surface area contributed by atoms with Crippen molar-refractivity contribution in [3.05, 3.63) is 10.9 Å². The molecule has 0 amide bonds. The van der Waals surface area contributed by atoms with Crippen LogP contribution < -0.4 is 0 Å². The van der Waals surface area contributed by atoms with Crippen molar-refractivity contribution in [3.8, 4) is 12.3 Å². The van der Waals surface area contributed by atoms with E-state index < -0.39 is 5.41 Å². The van der Waals surface area contributed by atoms with Gasteiger partial charge >= 0.3 is 0 Å². The number of rotatable bonds is 4. The van der Waals surface area contributed by atoms with Gasteiger partial charge in [0.1, 0.15) is 5.84 Å². The van der Waals surface area contributed by atoms with Crippen LogP contribution in [0.5, 0.6) is 0 Å². The molecule has 18 heavy (non-hydrogen) atoms. The highest BCUT2D eigenvalue weighted by Crippen LogP contribution is 2.51. The second-order valence-corrected chi connectivity index (χ2v) is 5.38. The largest absolute Gasteiger partial charge is 0.480 e. The van der Waals surface area contributed by atoms with E-state index in [4.69, 9.17) is 22.8 Å². The van der Waals surface area contributed by atoms with Crippen molar-refractivity contribution in [1.82, 2.24) is 4.90 Å². The van der Waals surface area contributed by atoms with Crippen molar-refractivity contribution in [2.45, 2.75) is 26.7 Å². The highest BCUT2D eigenvalue weighted by molar-refractivity contribution is 6.30. The molecule has 4 heteroatoms. The highest BCUT2D eigenvalue weighted by Gasteiger charge is 2.44. The molecular weight excluding hydrogens is 248 g/mol. The molecule has 0 bridgehead atoms. The lowest BCUT2D eigenvalue weighted by Crippen LogP contribution is -2.21. The number of ether oxygens (including phenoxy) is 1. The van der Waals surface area contributed by atoms with Crippen molar-refractivity contribution in [3.63, 3.8) is 0 Å². The quantitative estimate of drug-likeness (QED) is 0.339. The van der Waals surface area contributed by atoms with Crippen LogP contribution in [-0.4, -0.2) is 31.9 Å². The molecule has 1 aliphatic rings. The normalized spacial score (nSPS) is 20.6. The number of aliphatic imine (C=N–C) groups is 1. The first-order valence-electron chi connectivity index (χ1n) is 6.01. The number of allylic oxidation sites excluding steroid dienone is 1. The second-order valence-electron chi connectivity index (χ2n) is 5.00. The second kappa shape index (κ2) is 5.67. The number of halogens is 1. The average molecular weight is 269 g/mol. The van der Waals surface area contributed by atoms with Gasteiger partial charge in [-0.15, -0.1) is 6.42 Å². The molecule has 0 aromatic rings. The Kier molecular flexibility index (Phi) is 4.70. The lowest BCUT2D eigenvalue weighted by molar-refractivity contribution is 0.275. The molecule has 1 rings (SSSR count). The lowest BCUT2D eigenvalue weighted by Gasteiger charge is -2.24. The molecule has 0 heterocycles. The summed E-state index contributed by atoms with van der Waals surface area (Å²) in [6.45, 7) is 3.88. The van der Waals surface area contributed by atoms with Crippen LogP contribution in [0.1, 0.15) is 26.7 Å². The minimum atomic E-state index is -0.469. The zero-order valence-corrected chi connectivity index (χ0v) is 12.5. The summed E-state index contributed by atoms with van der Waals surface area (Å²) >= 11 is 6.42. The molecule has 1 atom stereocenters. The van der Waals surface area contributed by atoms with E-state index in [9.17, 15) is 0 Å². The predicted octanol–water partition coefficient (Wildman–Crippen LogP) is 3.07. The third kappa shape index (κ3) is 3.00. The van der Waals surface area contributed by atoms with Gasteiger partial charge in [-0.05, 0) is 32.6 Å². The van der Waals surface area contributed by atoms with Crippen LogP contribution in [0.2, 0.25) is 0 Å². The summed E-state index contributed by atoms with van der Waals surface area (Å²) in [6.07, 6.45) is 7.88. The van der Waals surface area contributed by atoms with Gasteiger partial charge in [0, 0.05) is 14.1 Å². The van der Waals surface area contributed by atoms with Crippen molar-refractivity contribution >= 4 is 17.4 Å². The molecule has 0 radical (unpaired) electrons. The summed E-state index contributed by atoms with van der Waals surface area (Å²) in [5.41, 5.74) is -0.469. The zero-order valence-electron chi connectivity index (χ0n) is 11.7. The topological polar surface area (TPSA) is 24.8 Å². The summed E-state index contributed by atoms with van der Waals surface area (Å²) in [5, 5.41) is 0.524. The van der Waals surface area contributed by atoms with Crippen LogP contribution in [0.15, 0.2) is 15.9 Å². The molecule has 3 nitrogen and oxygen atoms in total. The average Bonchev–Trinajstić information content (AvgIpc) is 3.17. The number of hydrogen-bond donors (Lipinski definition) is 0. The monoisotopic (exact) mass is 268 g/mol. The molecule has 1 saturated carbocycles. The van der Waals surface area contributed by atoms with Crippen molar-refractivity contribution in [2.75, 3.05) is 21.2 Å². The SMILES string of the molecule is C#CC(C)(/C(Cl)=C(\N=C(/C)N(C)C)OC)C1CC1. The fourth-order valence-electron chi connectivity index (χ4n) is 1.67. The summed E-state index contributed by atoms with van der Waals surface area (Å²) < 4.78 is 5.30. The Bertz CT molecular complexity index is 416. The first-order valence-corrected chi connectivity index (χ1v) is 6.39. The van der Waals surface area contributed by atoms with Gasteiger partial charge in [0.2, 0.25) is 5.88 Å². The molecule has 0 saturated heterocycles. The molecule has 1 fully saturated rings. The summed E-state index contributed by atoms with van der Waals surface area (Å²) in [4.78, 5) is 6.29. The van der Waals surface area contributed by atoms with Crippen LogP contribution in [0.25, 0.3) is 0 Å². The van der Waals surface area contributed by atoms with Gasteiger partial charge in [0.05, 0.1) is 17.6 Å². The molecule has 0 spiro atoms. The van der Waals surface area contributed by atoms with Crippen LogP contribution in [0.3, 0.4) is 0 Å². The predicted molar refractivity (Wildman–Crippen MR) is 76.3 cm³/mol. The summed E-state index contributed by atoms with van der Waals surface area (Å²) in [7, 11) is 5.40. The van der Waals surface area contributed by atoms with E-state index in [2.05, 4.69) is 10.9 Å².